The van der Waals surface area contributed by atoms with E-state index in [0.717, 1.165) is 5.57 Å². The third-order valence-corrected chi connectivity index (χ3v) is 1.17. The number of hydrogen-bond acceptors (Lipinski definition) is 3. The fourth-order valence-electron chi connectivity index (χ4n) is 0.633. The van der Waals surface area contributed by atoms with Crippen molar-refractivity contribution >= 4 is 0 Å². The van der Waals surface area contributed by atoms with Gasteiger partial charge in [0, 0.05) is 13.2 Å². The molecule has 0 rings (SSSR count). The second-order valence-corrected chi connectivity index (χ2v) is 2.70. The Morgan fingerprint density at radius 2 is 1.92 bits per heavy atom. The molecule has 0 heterocycles. The van der Waals surface area contributed by atoms with Crippen molar-refractivity contribution in [2.75, 3.05) is 33.0 Å². The Morgan fingerprint density at radius 1 is 1.25 bits per heavy atom. The average molecular weight is 174 g/mol. The Kier molecular flexibility index (Phi) is 8.44. The van der Waals surface area contributed by atoms with Crippen LogP contribution in [0.2, 0.25) is 0 Å². The first-order valence-electron chi connectivity index (χ1n) is 4.18. The maximum atomic E-state index is 8.42. The van der Waals surface area contributed by atoms with E-state index >= 15 is 0 Å². The molecular weight excluding hydrogens is 156 g/mol. The maximum absolute atomic E-state index is 8.42. The predicted molar refractivity (Wildman–Crippen MR) is 48.2 cm³/mol. The van der Waals surface area contributed by atoms with Gasteiger partial charge in [-0.1, -0.05) is 12.2 Å². The summed E-state index contributed by atoms with van der Waals surface area (Å²) in [6, 6.07) is 0. The van der Waals surface area contributed by atoms with Crippen molar-refractivity contribution in [3.63, 3.8) is 0 Å². The summed E-state index contributed by atoms with van der Waals surface area (Å²) in [5, 5.41) is 8.42. The van der Waals surface area contributed by atoms with E-state index in [9.17, 15) is 0 Å². The van der Waals surface area contributed by atoms with E-state index in [1.165, 1.54) is 0 Å². The number of aliphatic hydroxyl groups is 1. The second kappa shape index (κ2) is 8.71. The molecule has 0 atom stereocenters. The third kappa shape index (κ3) is 9.62. The quantitative estimate of drug-likeness (QED) is 0.440. The molecule has 0 aliphatic heterocycles. The zero-order valence-electron chi connectivity index (χ0n) is 7.71. The van der Waals surface area contributed by atoms with Crippen LogP contribution in [0.25, 0.3) is 0 Å². The van der Waals surface area contributed by atoms with Gasteiger partial charge in [0.25, 0.3) is 0 Å². The molecule has 3 heteroatoms. The van der Waals surface area contributed by atoms with Crippen LogP contribution in [0, 0.1) is 0 Å². The van der Waals surface area contributed by atoms with Gasteiger partial charge < -0.3 is 14.6 Å². The fourth-order valence-corrected chi connectivity index (χ4v) is 0.633. The molecule has 0 fully saturated rings. The second-order valence-electron chi connectivity index (χ2n) is 2.70. The van der Waals surface area contributed by atoms with Crippen LogP contribution in [0.5, 0.6) is 0 Å². The van der Waals surface area contributed by atoms with Gasteiger partial charge in [-0.15, -0.1) is 0 Å². The number of hydrogen-bond donors (Lipinski definition) is 1. The van der Waals surface area contributed by atoms with Gasteiger partial charge in [0.1, 0.15) is 0 Å². The van der Waals surface area contributed by atoms with Gasteiger partial charge in [0.05, 0.1) is 19.8 Å². The van der Waals surface area contributed by atoms with Gasteiger partial charge in [-0.2, -0.15) is 0 Å². The van der Waals surface area contributed by atoms with E-state index in [1.807, 2.05) is 6.92 Å². The van der Waals surface area contributed by atoms with Crippen molar-refractivity contribution in [1.82, 2.24) is 0 Å². The van der Waals surface area contributed by atoms with Crippen LogP contribution in [-0.2, 0) is 9.47 Å². The monoisotopic (exact) mass is 174 g/mol. The fraction of sp³-hybridized carbons (Fsp3) is 0.778. The van der Waals surface area contributed by atoms with Crippen molar-refractivity contribution in [2.24, 2.45) is 0 Å². The van der Waals surface area contributed by atoms with E-state index in [4.69, 9.17) is 14.6 Å². The molecule has 0 aromatic heterocycles. The van der Waals surface area contributed by atoms with E-state index in [2.05, 4.69) is 6.58 Å². The molecule has 0 amide bonds. The van der Waals surface area contributed by atoms with Gasteiger partial charge in [0.2, 0.25) is 0 Å². The highest BCUT2D eigenvalue weighted by Gasteiger charge is 1.89. The highest BCUT2D eigenvalue weighted by Crippen LogP contribution is 1.88. The van der Waals surface area contributed by atoms with Crippen LogP contribution in [-0.4, -0.2) is 38.1 Å². The minimum atomic E-state index is 0.187. The number of rotatable bonds is 8. The van der Waals surface area contributed by atoms with E-state index in [1.54, 1.807) is 0 Å². The summed E-state index contributed by atoms with van der Waals surface area (Å²) in [6.45, 7) is 8.20. The molecule has 0 aliphatic carbocycles. The molecule has 0 spiro atoms. The first kappa shape index (κ1) is 11.6. The Morgan fingerprint density at radius 3 is 2.50 bits per heavy atom. The lowest BCUT2D eigenvalue weighted by molar-refractivity contribution is 0.0504. The summed E-state index contributed by atoms with van der Waals surface area (Å²) >= 11 is 0. The predicted octanol–water partition coefficient (Wildman–Crippen LogP) is 0.978. The van der Waals surface area contributed by atoms with Gasteiger partial charge in [-0.05, 0) is 13.3 Å². The Labute approximate surface area is 74.0 Å². The lowest BCUT2D eigenvalue weighted by Crippen LogP contribution is -2.07. The highest BCUT2D eigenvalue weighted by atomic mass is 16.5. The summed E-state index contributed by atoms with van der Waals surface area (Å²) in [7, 11) is 0. The van der Waals surface area contributed by atoms with Crippen LogP contribution in [0.3, 0.4) is 0 Å². The highest BCUT2D eigenvalue weighted by molar-refractivity contribution is 4.87. The standard InChI is InChI=1S/C9H18O3/c1-9(2)8-12-7-6-11-5-3-4-10/h10H,1,3-8H2,2H3. The van der Waals surface area contributed by atoms with Gasteiger partial charge >= 0.3 is 0 Å². The summed E-state index contributed by atoms with van der Waals surface area (Å²) < 4.78 is 10.3. The molecule has 12 heavy (non-hydrogen) atoms. The van der Waals surface area contributed by atoms with Crippen molar-refractivity contribution < 1.29 is 14.6 Å². The van der Waals surface area contributed by atoms with Crippen LogP contribution < -0.4 is 0 Å². The van der Waals surface area contributed by atoms with Crippen LogP contribution >= 0.6 is 0 Å². The largest absolute Gasteiger partial charge is 0.396 e. The topological polar surface area (TPSA) is 38.7 Å². The summed E-state index contributed by atoms with van der Waals surface area (Å²) in [5.41, 5.74) is 1.02. The molecule has 0 aromatic rings. The smallest absolute Gasteiger partial charge is 0.0704 e. The first-order valence-corrected chi connectivity index (χ1v) is 4.18. The Bertz CT molecular complexity index is 112. The lowest BCUT2D eigenvalue weighted by Gasteiger charge is -2.04. The van der Waals surface area contributed by atoms with Crippen molar-refractivity contribution in [3.8, 4) is 0 Å². The third-order valence-electron chi connectivity index (χ3n) is 1.17. The average Bonchev–Trinajstić information content (AvgIpc) is 2.02. The van der Waals surface area contributed by atoms with Crippen LogP contribution in [0.4, 0.5) is 0 Å². The molecule has 0 bridgehead atoms. The molecule has 72 valence electrons. The van der Waals surface area contributed by atoms with E-state index in [0.29, 0.717) is 32.8 Å². The molecule has 0 aliphatic rings. The maximum Gasteiger partial charge on any atom is 0.0704 e. The van der Waals surface area contributed by atoms with E-state index in [-0.39, 0.29) is 6.61 Å². The molecule has 1 N–H and O–H groups in total. The molecule has 0 saturated heterocycles. The molecule has 0 saturated carbocycles. The van der Waals surface area contributed by atoms with Gasteiger partial charge in [-0.25, -0.2) is 0 Å². The van der Waals surface area contributed by atoms with Crippen molar-refractivity contribution in [2.45, 2.75) is 13.3 Å². The lowest BCUT2D eigenvalue weighted by atomic mass is 10.4. The summed E-state index contributed by atoms with van der Waals surface area (Å²) in [4.78, 5) is 0. The normalized spacial score (nSPS) is 10.2. The summed E-state index contributed by atoms with van der Waals surface area (Å²) in [6.07, 6.45) is 0.695. The minimum Gasteiger partial charge on any atom is -0.396 e. The van der Waals surface area contributed by atoms with E-state index < -0.39 is 0 Å². The van der Waals surface area contributed by atoms with Crippen molar-refractivity contribution in [3.05, 3.63) is 12.2 Å². The zero-order valence-corrected chi connectivity index (χ0v) is 7.71. The van der Waals surface area contributed by atoms with Crippen LogP contribution in [0.15, 0.2) is 12.2 Å². The number of ether oxygens (including phenoxy) is 2. The molecule has 3 nitrogen and oxygen atoms in total. The zero-order chi connectivity index (χ0) is 9.23. The van der Waals surface area contributed by atoms with Gasteiger partial charge in [0.15, 0.2) is 0 Å². The Balaban J connectivity index is 2.86. The molecule has 0 unspecified atom stereocenters. The minimum absolute atomic E-state index is 0.187. The van der Waals surface area contributed by atoms with Crippen molar-refractivity contribution in [1.29, 1.82) is 0 Å². The molecule has 0 aromatic carbocycles. The van der Waals surface area contributed by atoms with Gasteiger partial charge in [-0.3, -0.25) is 0 Å². The molecular formula is C9H18O3. The number of aliphatic hydroxyl groups excluding tert-OH is 1. The SMILES string of the molecule is C=C(C)COCCOCCCO. The molecule has 0 radical (unpaired) electrons. The summed E-state index contributed by atoms with van der Waals surface area (Å²) in [5.74, 6) is 0. The first-order chi connectivity index (χ1) is 5.77. The Hall–Kier alpha value is -0.380. The van der Waals surface area contributed by atoms with Crippen LogP contribution in [0.1, 0.15) is 13.3 Å².